The average molecular weight is 392 g/mol. The Morgan fingerprint density at radius 1 is 1.00 bits per heavy atom. The van der Waals surface area contributed by atoms with Crippen molar-refractivity contribution in [2.45, 2.75) is 12.6 Å². The quantitative estimate of drug-likeness (QED) is 0.579. The van der Waals surface area contributed by atoms with Gasteiger partial charge in [-0.1, -0.05) is 48.5 Å². The third-order valence-electron chi connectivity index (χ3n) is 5.32. The standard InChI is InChI=1S/C22H25FN6/c1-2-12-27-13-15-28(16-14-27)21(19-6-4-3-5-7-19)22-24-25-26-29(22)17-18-8-10-20(23)11-9-18/h2-11,21H,1,12-17H2. The molecule has 0 amide bonds. The maximum Gasteiger partial charge on any atom is 0.173 e. The zero-order valence-electron chi connectivity index (χ0n) is 16.4. The fourth-order valence-electron chi connectivity index (χ4n) is 3.83. The summed E-state index contributed by atoms with van der Waals surface area (Å²) in [5.41, 5.74) is 2.13. The number of hydrogen-bond acceptors (Lipinski definition) is 5. The molecule has 1 atom stereocenters. The molecular formula is C22H25FN6. The topological polar surface area (TPSA) is 50.1 Å². The Labute approximate surface area is 170 Å². The van der Waals surface area contributed by atoms with Gasteiger partial charge < -0.3 is 0 Å². The lowest BCUT2D eigenvalue weighted by atomic mass is 10.0. The van der Waals surface area contributed by atoms with Gasteiger partial charge in [0.25, 0.3) is 0 Å². The molecule has 1 aromatic heterocycles. The van der Waals surface area contributed by atoms with Crippen molar-refractivity contribution in [2.75, 3.05) is 32.7 Å². The summed E-state index contributed by atoms with van der Waals surface area (Å²) in [5, 5.41) is 12.6. The third kappa shape index (κ3) is 4.58. The first-order valence-electron chi connectivity index (χ1n) is 9.87. The second kappa shape index (κ2) is 9.07. The third-order valence-corrected chi connectivity index (χ3v) is 5.32. The number of rotatable bonds is 7. The molecule has 6 nitrogen and oxygen atoms in total. The van der Waals surface area contributed by atoms with Gasteiger partial charge in [-0.2, -0.15) is 0 Å². The van der Waals surface area contributed by atoms with Crippen LogP contribution in [-0.2, 0) is 6.54 Å². The molecule has 4 rings (SSSR count). The average Bonchev–Trinajstić information content (AvgIpc) is 3.20. The van der Waals surface area contributed by atoms with E-state index in [-0.39, 0.29) is 11.9 Å². The minimum Gasteiger partial charge on any atom is -0.297 e. The number of aromatic nitrogens is 4. The lowest BCUT2D eigenvalue weighted by Crippen LogP contribution is -2.48. The molecule has 0 aliphatic carbocycles. The van der Waals surface area contributed by atoms with Crippen molar-refractivity contribution in [2.24, 2.45) is 0 Å². The Bertz CT molecular complexity index is 916. The van der Waals surface area contributed by atoms with Gasteiger partial charge in [-0.05, 0) is 33.7 Å². The maximum absolute atomic E-state index is 13.3. The molecule has 0 spiro atoms. The van der Waals surface area contributed by atoms with Crippen molar-refractivity contribution in [3.8, 4) is 0 Å². The molecule has 2 aromatic carbocycles. The van der Waals surface area contributed by atoms with E-state index in [4.69, 9.17) is 0 Å². The molecule has 150 valence electrons. The van der Waals surface area contributed by atoms with E-state index in [0.29, 0.717) is 6.54 Å². The van der Waals surface area contributed by atoms with Crippen molar-refractivity contribution in [3.63, 3.8) is 0 Å². The second-order valence-corrected chi connectivity index (χ2v) is 7.26. The molecule has 0 bridgehead atoms. The van der Waals surface area contributed by atoms with Crippen LogP contribution < -0.4 is 0 Å². The summed E-state index contributed by atoms with van der Waals surface area (Å²) in [6, 6.07) is 16.8. The number of halogens is 1. The Morgan fingerprint density at radius 3 is 2.41 bits per heavy atom. The van der Waals surface area contributed by atoms with E-state index in [1.165, 1.54) is 17.7 Å². The second-order valence-electron chi connectivity index (χ2n) is 7.26. The zero-order chi connectivity index (χ0) is 20.1. The predicted molar refractivity (Wildman–Crippen MR) is 110 cm³/mol. The van der Waals surface area contributed by atoms with E-state index in [2.05, 4.69) is 44.0 Å². The van der Waals surface area contributed by atoms with Crippen LogP contribution in [0.3, 0.4) is 0 Å². The molecule has 1 aliphatic rings. The summed E-state index contributed by atoms with van der Waals surface area (Å²) in [6.07, 6.45) is 1.95. The smallest absolute Gasteiger partial charge is 0.173 e. The molecule has 3 aromatic rings. The van der Waals surface area contributed by atoms with Crippen LogP contribution in [0.5, 0.6) is 0 Å². The van der Waals surface area contributed by atoms with Gasteiger partial charge in [0.05, 0.1) is 12.6 Å². The fraction of sp³-hybridized carbons (Fsp3) is 0.318. The molecule has 0 N–H and O–H groups in total. The number of piperazine rings is 1. The fourth-order valence-corrected chi connectivity index (χ4v) is 3.83. The summed E-state index contributed by atoms with van der Waals surface area (Å²) < 4.78 is 15.1. The minimum absolute atomic E-state index is 0.0301. The van der Waals surface area contributed by atoms with Crippen molar-refractivity contribution >= 4 is 0 Å². The number of tetrazole rings is 1. The van der Waals surface area contributed by atoms with Crippen LogP contribution in [0.2, 0.25) is 0 Å². The summed E-state index contributed by atoms with van der Waals surface area (Å²) >= 11 is 0. The highest BCUT2D eigenvalue weighted by molar-refractivity contribution is 5.25. The molecule has 1 aliphatic heterocycles. The first kappa shape index (κ1) is 19.4. The summed E-state index contributed by atoms with van der Waals surface area (Å²) in [6.45, 7) is 9.07. The van der Waals surface area contributed by atoms with Gasteiger partial charge in [0.1, 0.15) is 5.82 Å². The number of benzene rings is 2. The van der Waals surface area contributed by atoms with Crippen molar-refractivity contribution in [3.05, 3.63) is 90.0 Å². The van der Waals surface area contributed by atoms with Gasteiger partial charge >= 0.3 is 0 Å². The Kier molecular flexibility index (Phi) is 6.07. The highest BCUT2D eigenvalue weighted by atomic mass is 19.1. The Hall–Kier alpha value is -2.90. The molecule has 7 heteroatoms. The van der Waals surface area contributed by atoms with Crippen LogP contribution in [0.1, 0.15) is 23.0 Å². The molecule has 1 fully saturated rings. The van der Waals surface area contributed by atoms with Crippen molar-refractivity contribution < 1.29 is 4.39 Å². The van der Waals surface area contributed by atoms with Gasteiger partial charge in [0.2, 0.25) is 0 Å². The molecular weight excluding hydrogens is 367 g/mol. The van der Waals surface area contributed by atoms with E-state index >= 15 is 0 Å². The van der Waals surface area contributed by atoms with Gasteiger partial charge in [-0.15, -0.1) is 11.7 Å². The van der Waals surface area contributed by atoms with E-state index in [1.54, 1.807) is 12.1 Å². The van der Waals surface area contributed by atoms with Crippen LogP contribution in [-0.4, -0.2) is 62.7 Å². The molecule has 1 unspecified atom stereocenters. The molecule has 29 heavy (non-hydrogen) atoms. The van der Waals surface area contributed by atoms with Gasteiger partial charge in [0.15, 0.2) is 5.82 Å². The van der Waals surface area contributed by atoms with Crippen molar-refractivity contribution in [1.29, 1.82) is 0 Å². The number of hydrogen-bond donors (Lipinski definition) is 0. The first-order valence-corrected chi connectivity index (χ1v) is 9.87. The largest absolute Gasteiger partial charge is 0.297 e. The summed E-state index contributed by atoms with van der Waals surface area (Å²) in [4.78, 5) is 4.83. The zero-order valence-corrected chi connectivity index (χ0v) is 16.4. The van der Waals surface area contributed by atoms with E-state index in [9.17, 15) is 4.39 Å². The maximum atomic E-state index is 13.3. The highest BCUT2D eigenvalue weighted by Crippen LogP contribution is 2.28. The van der Waals surface area contributed by atoms with Gasteiger partial charge in [0, 0.05) is 32.7 Å². The highest BCUT2D eigenvalue weighted by Gasteiger charge is 2.30. The molecule has 2 heterocycles. The molecule has 1 saturated heterocycles. The van der Waals surface area contributed by atoms with E-state index in [1.807, 2.05) is 29.0 Å². The van der Waals surface area contributed by atoms with Crippen LogP contribution >= 0.6 is 0 Å². The SMILES string of the molecule is C=CCN1CCN(C(c2ccccc2)c2nnnn2Cc2ccc(F)cc2)CC1. The van der Waals surface area contributed by atoms with Gasteiger partial charge in [-0.3, -0.25) is 9.80 Å². The van der Waals surface area contributed by atoms with E-state index in [0.717, 1.165) is 44.1 Å². The Balaban J connectivity index is 1.62. The van der Waals surface area contributed by atoms with Crippen LogP contribution in [0.4, 0.5) is 4.39 Å². The van der Waals surface area contributed by atoms with Crippen molar-refractivity contribution in [1.82, 2.24) is 30.0 Å². The Morgan fingerprint density at radius 2 is 1.72 bits per heavy atom. The lowest BCUT2D eigenvalue weighted by molar-refractivity contribution is 0.112. The van der Waals surface area contributed by atoms with Crippen LogP contribution in [0.15, 0.2) is 67.3 Å². The monoisotopic (exact) mass is 392 g/mol. The summed E-state index contributed by atoms with van der Waals surface area (Å²) in [5.74, 6) is 0.558. The molecule has 0 radical (unpaired) electrons. The summed E-state index contributed by atoms with van der Waals surface area (Å²) in [7, 11) is 0. The van der Waals surface area contributed by atoms with Crippen LogP contribution in [0.25, 0.3) is 0 Å². The first-order chi connectivity index (χ1) is 14.2. The van der Waals surface area contributed by atoms with E-state index < -0.39 is 0 Å². The van der Waals surface area contributed by atoms with Gasteiger partial charge in [-0.25, -0.2) is 9.07 Å². The normalized spacial score (nSPS) is 16.6. The van der Waals surface area contributed by atoms with Crippen LogP contribution in [0, 0.1) is 5.82 Å². The number of nitrogens with zero attached hydrogens (tertiary/aromatic N) is 6. The lowest BCUT2D eigenvalue weighted by Gasteiger charge is -2.38. The minimum atomic E-state index is -0.245. The predicted octanol–water partition coefficient (Wildman–Crippen LogP) is 2.75. The molecule has 0 saturated carbocycles.